The lowest BCUT2D eigenvalue weighted by molar-refractivity contribution is 0.391. The summed E-state index contributed by atoms with van der Waals surface area (Å²) in [6.07, 6.45) is 1.62. The summed E-state index contributed by atoms with van der Waals surface area (Å²) >= 11 is 0. The van der Waals surface area contributed by atoms with Crippen molar-refractivity contribution >= 4 is 0 Å². The molecule has 5 heteroatoms. The first-order valence-electron chi connectivity index (χ1n) is 6.11. The molecule has 0 spiro atoms. The van der Waals surface area contributed by atoms with Gasteiger partial charge in [-0.05, 0) is 19.9 Å². The third kappa shape index (κ3) is 2.10. The van der Waals surface area contributed by atoms with E-state index in [0.29, 0.717) is 17.0 Å². The number of nitrogens with zero attached hydrogens (tertiary/aromatic N) is 3. The van der Waals surface area contributed by atoms with Crippen LogP contribution in [0, 0.1) is 22.7 Å². The molecule has 0 saturated carbocycles. The van der Waals surface area contributed by atoms with Crippen LogP contribution in [0.2, 0.25) is 0 Å². The molecule has 1 aromatic heterocycles. The maximum atomic E-state index is 9.42. The Kier molecular flexibility index (Phi) is 3.72. The van der Waals surface area contributed by atoms with Crippen LogP contribution in [0.25, 0.3) is 0 Å². The normalized spacial score (nSPS) is 15.4. The van der Waals surface area contributed by atoms with Gasteiger partial charge >= 0.3 is 0 Å². The van der Waals surface area contributed by atoms with Crippen LogP contribution in [-0.4, -0.2) is 12.1 Å². The maximum Gasteiger partial charge on any atom is 0.217 e. The Morgan fingerprint density at radius 2 is 1.80 bits per heavy atom. The third-order valence-corrected chi connectivity index (χ3v) is 3.31. The van der Waals surface area contributed by atoms with Gasteiger partial charge in [-0.15, -0.1) is 0 Å². The second kappa shape index (κ2) is 5.46. The summed E-state index contributed by atoms with van der Waals surface area (Å²) in [6, 6.07) is 7.98. The molecule has 100 valence electrons. The molecule has 2 heterocycles. The molecule has 0 radical (unpaired) electrons. The van der Waals surface area contributed by atoms with Crippen LogP contribution in [0.15, 0.2) is 40.9 Å². The molecular formula is C15H14N4O. The highest BCUT2D eigenvalue weighted by molar-refractivity contribution is 5.56. The van der Waals surface area contributed by atoms with Crippen molar-refractivity contribution in [1.29, 1.82) is 10.5 Å². The highest BCUT2D eigenvalue weighted by atomic mass is 16.5. The average molecular weight is 266 g/mol. The maximum absolute atomic E-state index is 9.42. The fourth-order valence-corrected chi connectivity index (χ4v) is 2.39. The van der Waals surface area contributed by atoms with Crippen LogP contribution in [0.5, 0.6) is 5.88 Å². The number of hydrogen-bond acceptors (Lipinski definition) is 5. The summed E-state index contributed by atoms with van der Waals surface area (Å²) in [6.45, 7) is 3.65. The van der Waals surface area contributed by atoms with Gasteiger partial charge in [0.2, 0.25) is 5.88 Å². The fraction of sp³-hybridized carbons (Fsp3) is 0.267. The van der Waals surface area contributed by atoms with Gasteiger partial charge in [0, 0.05) is 23.2 Å². The van der Waals surface area contributed by atoms with E-state index in [4.69, 9.17) is 4.74 Å². The molecule has 0 amide bonds. The number of aromatic nitrogens is 1. The minimum absolute atomic E-state index is 0.431. The van der Waals surface area contributed by atoms with E-state index in [9.17, 15) is 10.5 Å². The Hall–Kier alpha value is -2.79. The van der Waals surface area contributed by atoms with Gasteiger partial charge in [-0.25, -0.2) is 4.98 Å². The number of nitrogens with one attached hydrogen (secondary N) is 1. The van der Waals surface area contributed by atoms with Crippen molar-refractivity contribution in [2.45, 2.75) is 19.8 Å². The predicted molar refractivity (Wildman–Crippen MR) is 73.3 cm³/mol. The second-order valence-corrected chi connectivity index (χ2v) is 4.46. The van der Waals surface area contributed by atoms with Gasteiger partial charge in [0.05, 0.1) is 36.3 Å². The van der Waals surface area contributed by atoms with Gasteiger partial charge in [-0.1, -0.05) is 6.07 Å². The molecule has 1 aliphatic heterocycles. The van der Waals surface area contributed by atoms with Gasteiger partial charge < -0.3 is 10.1 Å². The van der Waals surface area contributed by atoms with Gasteiger partial charge in [0.15, 0.2) is 0 Å². The summed E-state index contributed by atoms with van der Waals surface area (Å²) in [5, 5.41) is 21.9. The minimum Gasteiger partial charge on any atom is -0.481 e. The molecule has 0 atom stereocenters. The number of allylic oxidation sites excluding steroid dienone is 4. The predicted octanol–water partition coefficient (Wildman–Crippen LogP) is 2.37. The van der Waals surface area contributed by atoms with Crippen LogP contribution in [-0.2, 0) is 0 Å². The Bertz CT molecular complexity index is 653. The van der Waals surface area contributed by atoms with Crippen molar-refractivity contribution in [3.63, 3.8) is 0 Å². The summed E-state index contributed by atoms with van der Waals surface area (Å²) in [4.78, 5) is 4.15. The molecule has 0 aromatic carbocycles. The molecule has 1 aromatic rings. The van der Waals surface area contributed by atoms with E-state index in [2.05, 4.69) is 22.4 Å². The molecule has 0 saturated heterocycles. The quantitative estimate of drug-likeness (QED) is 0.888. The van der Waals surface area contributed by atoms with E-state index in [-0.39, 0.29) is 0 Å². The molecule has 1 aliphatic rings. The monoisotopic (exact) mass is 266 g/mol. The molecule has 0 unspecified atom stereocenters. The lowest BCUT2D eigenvalue weighted by Gasteiger charge is -2.26. The van der Waals surface area contributed by atoms with Crippen LogP contribution >= 0.6 is 0 Å². The molecule has 0 fully saturated rings. The van der Waals surface area contributed by atoms with E-state index in [1.807, 2.05) is 19.9 Å². The highest BCUT2D eigenvalue weighted by Gasteiger charge is 2.31. The molecule has 5 nitrogen and oxygen atoms in total. The third-order valence-electron chi connectivity index (χ3n) is 3.31. The highest BCUT2D eigenvalue weighted by Crippen LogP contribution is 2.40. The summed E-state index contributed by atoms with van der Waals surface area (Å²) in [7, 11) is 1.53. The van der Waals surface area contributed by atoms with Crippen molar-refractivity contribution in [1.82, 2.24) is 10.3 Å². The van der Waals surface area contributed by atoms with E-state index in [0.717, 1.165) is 17.0 Å². The Balaban J connectivity index is 2.69. The van der Waals surface area contributed by atoms with E-state index >= 15 is 0 Å². The number of pyridine rings is 1. The lowest BCUT2D eigenvalue weighted by Crippen LogP contribution is -2.23. The summed E-state index contributed by atoms with van der Waals surface area (Å²) in [5.74, 6) is -0.00426. The molecule has 20 heavy (non-hydrogen) atoms. The van der Waals surface area contributed by atoms with Gasteiger partial charge in [-0.2, -0.15) is 10.5 Å². The first kappa shape index (κ1) is 13.6. The van der Waals surface area contributed by atoms with Gasteiger partial charge in [-0.3, -0.25) is 0 Å². The van der Waals surface area contributed by atoms with E-state index in [1.54, 1.807) is 12.3 Å². The zero-order valence-electron chi connectivity index (χ0n) is 11.6. The Morgan fingerprint density at radius 3 is 2.30 bits per heavy atom. The van der Waals surface area contributed by atoms with Crippen LogP contribution in [0.1, 0.15) is 25.3 Å². The van der Waals surface area contributed by atoms with Crippen molar-refractivity contribution in [3.8, 4) is 18.0 Å². The van der Waals surface area contributed by atoms with Crippen molar-refractivity contribution in [2.24, 2.45) is 0 Å². The smallest absolute Gasteiger partial charge is 0.217 e. The number of nitriles is 2. The van der Waals surface area contributed by atoms with E-state index in [1.165, 1.54) is 7.11 Å². The zero-order valence-corrected chi connectivity index (χ0v) is 11.6. The van der Waals surface area contributed by atoms with Crippen molar-refractivity contribution < 1.29 is 4.74 Å². The van der Waals surface area contributed by atoms with Crippen LogP contribution in [0.3, 0.4) is 0 Å². The second-order valence-electron chi connectivity index (χ2n) is 4.46. The molecule has 0 bridgehead atoms. The first-order chi connectivity index (χ1) is 9.63. The number of methoxy groups -OCH3 is 1. The standard InChI is InChI=1S/C15H14N4O/c1-9-12(7-16)14(13(8-17)10(2)19-9)11-5-4-6-18-15(11)20-3/h4-6,14,19H,1-3H3. The average Bonchev–Trinajstić information content (AvgIpc) is 2.46. The zero-order chi connectivity index (χ0) is 14.7. The van der Waals surface area contributed by atoms with Gasteiger partial charge in [0.25, 0.3) is 0 Å². The number of ether oxygens (including phenoxy) is 1. The summed E-state index contributed by atoms with van der Waals surface area (Å²) in [5.41, 5.74) is 3.25. The molecular weight excluding hydrogens is 252 g/mol. The fourth-order valence-electron chi connectivity index (χ4n) is 2.39. The lowest BCUT2D eigenvalue weighted by atomic mass is 9.82. The topological polar surface area (TPSA) is 81.7 Å². The Labute approximate surface area is 117 Å². The number of rotatable bonds is 2. The first-order valence-corrected chi connectivity index (χ1v) is 6.11. The summed E-state index contributed by atoms with van der Waals surface area (Å²) < 4.78 is 5.26. The van der Waals surface area contributed by atoms with Crippen LogP contribution in [0.4, 0.5) is 0 Å². The Morgan fingerprint density at radius 1 is 1.20 bits per heavy atom. The van der Waals surface area contributed by atoms with E-state index < -0.39 is 5.92 Å². The van der Waals surface area contributed by atoms with Crippen molar-refractivity contribution in [2.75, 3.05) is 7.11 Å². The minimum atomic E-state index is -0.435. The van der Waals surface area contributed by atoms with Gasteiger partial charge in [0.1, 0.15) is 0 Å². The molecule has 1 N–H and O–H groups in total. The SMILES string of the molecule is COc1ncccc1C1C(C#N)=C(C)NC(C)=C1C#N. The number of hydrogen-bond donors (Lipinski definition) is 1. The number of dihydropyridines is 1. The largest absolute Gasteiger partial charge is 0.481 e. The molecule has 2 rings (SSSR count). The van der Waals surface area contributed by atoms with Crippen LogP contribution < -0.4 is 10.1 Å². The molecule has 0 aliphatic carbocycles. The van der Waals surface area contributed by atoms with Crippen molar-refractivity contribution in [3.05, 3.63) is 46.4 Å².